The summed E-state index contributed by atoms with van der Waals surface area (Å²) in [5.74, 6) is 0. The molecule has 0 fully saturated rings. The molecule has 0 aromatic heterocycles. The van der Waals surface area contributed by atoms with E-state index in [0.717, 1.165) is 5.56 Å². The van der Waals surface area contributed by atoms with Gasteiger partial charge in [0.15, 0.2) is 0 Å². The molecular formula is C12H19OP. The predicted octanol–water partition coefficient (Wildman–Crippen LogP) is 3.10. The minimum Gasteiger partial charge on any atom is -0.631 e. The molecule has 0 aliphatic carbocycles. The smallest absolute Gasteiger partial charge is 0.127 e. The van der Waals surface area contributed by atoms with Crippen molar-refractivity contribution in [1.29, 1.82) is 0 Å². The zero-order chi connectivity index (χ0) is 11.0. The SMILES string of the molecule is C=[P+]([O-])Cc1cccc(C)c1.CCC. The molecule has 1 aromatic rings. The molecule has 0 aliphatic heterocycles. The van der Waals surface area contributed by atoms with Gasteiger partial charge >= 0.3 is 0 Å². The molecule has 1 nitrogen and oxygen atoms in total. The summed E-state index contributed by atoms with van der Waals surface area (Å²) in [4.78, 5) is 10.8. The molecule has 0 saturated carbocycles. The maximum absolute atomic E-state index is 10.8. The van der Waals surface area contributed by atoms with E-state index in [4.69, 9.17) is 0 Å². The highest BCUT2D eigenvalue weighted by Gasteiger charge is 1.96. The van der Waals surface area contributed by atoms with Crippen LogP contribution in [-0.4, -0.2) is 6.30 Å². The summed E-state index contributed by atoms with van der Waals surface area (Å²) >= 11 is 0. The zero-order valence-electron chi connectivity index (χ0n) is 9.29. The lowest BCUT2D eigenvalue weighted by Gasteiger charge is -1.98. The Bertz CT molecular complexity index is 281. The maximum Gasteiger partial charge on any atom is 0.127 e. The van der Waals surface area contributed by atoms with Crippen molar-refractivity contribution in [3.8, 4) is 0 Å². The molecular weight excluding hydrogens is 191 g/mol. The van der Waals surface area contributed by atoms with Crippen LogP contribution >= 0.6 is 7.77 Å². The molecule has 1 atom stereocenters. The minimum absolute atomic E-state index is 0.594. The van der Waals surface area contributed by atoms with Crippen LogP contribution in [0.25, 0.3) is 0 Å². The van der Waals surface area contributed by atoms with Gasteiger partial charge in [0.05, 0.1) is 6.30 Å². The van der Waals surface area contributed by atoms with Gasteiger partial charge in [-0.1, -0.05) is 50.1 Å². The van der Waals surface area contributed by atoms with E-state index in [9.17, 15) is 4.89 Å². The van der Waals surface area contributed by atoms with Crippen LogP contribution in [0.3, 0.4) is 0 Å². The van der Waals surface area contributed by atoms with Gasteiger partial charge in [0.2, 0.25) is 0 Å². The van der Waals surface area contributed by atoms with Gasteiger partial charge in [-0.15, -0.1) is 0 Å². The van der Waals surface area contributed by atoms with Crippen LogP contribution in [0.15, 0.2) is 24.3 Å². The zero-order valence-corrected chi connectivity index (χ0v) is 10.2. The van der Waals surface area contributed by atoms with Gasteiger partial charge in [0.1, 0.15) is 6.16 Å². The van der Waals surface area contributed by atoms with Crippen LogP contribution in [0.2, 0.25) is 0 Å². The van der Waals surface area contributed by atoms with E-state index in [1.807, 2.05) is 31.2 Å². The van der Waals surface area contributed by atoms with E-state index >= 15 is 0 Å². The van der Waals surface area contributed by atoms with Crippen LogP contribution in [0.5, 0.6) is 0 Å². The Kier molecular flexibility index (Phi) is 7.37. The first kappa shape index (κ1) is 13.4. The third kappa shape index (κ3) is 6.82. The molecule has 0 bridgehead atoms. The van der Waals surface area contributed by atoms with Gasteiger partial charge in [-0.2, -0.15) is 0 Å². The first-order chi connectivity index (χ1) is 6.60. The second-order valence-electron chi connectivity index (χ2n) is 3.34. The van der Waals surface area contributed by atoms with Crippen molar-refractivity contribution in [2.75, 3.05) is 0 Å². The Morgan fingerprint density at radius 1 is 1.36 bits per heavy atom. The summed E-state index contributed by atoms with van der Waals surface area (Å²) in [7, 11) is -1.29. The van der Waals surface area contributed by atoms with E-state index in [-0.39, 0.29) is 0 Å². The minimum atomic E-state index is -1.29. The molecule has 0 saturated heterocycles. The summed E-state index contributed by atoms with van der Waals surface area (Å²) in [6, 6.07) is 8.02. The molecule has 78 valence electrons. The lowest BCUT2D eigenvalue weighted by atomic mass is 10.2. The van der Waals surface area contributed by atoms with Crippen LogP contribution in [0, 0.1) is 6.92 Å². The van der Waals surface area contributed by atoms with Crippen molar-refractivity contribution in [3.05, 3.63) is 35.4 Å². The lowest BCUT2D eigenvalue weighted by molar-refractivity contribution is -0.153. The van der Waals surface area contributed by atoms with Gasteiger partial charge in [-0.05, 0) is 12.5 Å². The van der Waals surface area contributed by atoms with E-state index in [2.05, 4.69) is 20.1 Å². The van der Waals surface area contributed by atoms with Gasteiger partial charge in [0, 0.05) is 7.77 Å². The van der Waals surface area contributed by atoms with Crippen molar-refractivity contribution in [2.24, 2.45) is 0 Å². The summed E-state index contributed by atoms with van der Waals surface area (Å²) in [6.07, 6.45) is 5.32. The standard InChI is InChI=1S/C9H11OP.C3H8/c1-8-4-3-5-9(6-8)7-11(2)10;1-3-2/h3-6H,2,7H2,1H3;3H2,1-2H3. The van der Waals surface area contributed by atoms with Crippen molar-refractivity contribution in [3.63, 3.8) is 0 Å². The molecule has 0 spiro atoms. The van der Waals surface area contributed by atoms with Crippen LogP contribution in [0.1, 0.15) is 31.4 Å². The van der Waals surface area contributed by atoms with E-state index in [0.29, 0.717) is 6.16 Å². The van der Waals surface area contributed by atoms with Crippen molar-refractivity contribution >= 4 is 14.1 Å². The van der Waals surface area contributed by atoms with Crippen molar-refractivity contribution < 1.29 is 4.89 Å². The van der Waals surface area contributed by atoms with Crippen LogP contribution in [0.4, 0.5) is 0 Å². The Hall–Kier alpha value is -0.650. The Morgan fingerprint density at radius 3 is 2.36 bits per heavy atom. The Balaban J connectivity index is 0.000000500. The van der Waals surface area contributed by atoms with Crippen molar-refractivity contribution in [2.45, 2.75) is 33.4 Å². The average Bonchev–Trinajstić information content (AvgIpc) is 2.03. The van der Waals surface area contributed by atoms with Gasteiger partial charge < -0.3 is 4.89 Å². The van der Waals surface area contributed by atoms with Gasteiger partial charge in [-0.3, -0.25) is 0 Å². The third-order valence-electron chi connectivity index (χ3n) is 1.44. The second-order valence-corrected chi connectivity index (χ2v) is 4.62. The molecule has 0 heterocycles. The average molecular weight is 210 g/mol. The third-order valence-corrected chi connectivity index (χ3v) is 2.16. The summed E-state index contributed by atoms with van der Waals surface area (Å²) < 4.78 is 0. The normalized spacial score (nSPS) is 10.1. The molecule has 2 heteroatoms. The lowest BCUT2D eigenvalue weighted by Crippen LogP contribution is -1.90. The van der Waals surface area contributed by atoms with Gasteiger partial charge in [0.25, 0.3) is 0 Å². The molecule has 0 N–H and O–H groups in total. The number of rotatable bonds is 2. The molecule has 14 heavy (non-hydrogen) atoms. The number of benzene rings is 1. The largest absolute Gasteiger partial charge is 0.631 e. The molecule has 0 aliphatic rings. The van der Waals surface area contributed by atoms with Crippen LogP contribution in [-0.2, 0) is 6.16 Å². The molecule has 0 radical (unpaired) electrons. The van der Waals surface area contributed by atoms with E-state index < -0.39 is 7.77 Å². The summed E-state index contributed by atoms with van der Waals surface area (Å²) in [5, 5.41) is 0. The first-order valence-corrected chi connectivity index (χ1v) is 6.53. The highest BCUT2D eigenvalue weighted by molar-refractivity contribution is 7.47. The second kappa shape index (κ2) is 7.73. The fourth-order valence-corrected chi connectivity index (χ4v) is 1.62. The Labute approximate surface area is 88.3 Å². The van der Waals surface area contributed by atoms with Gasteiger partial charge in [-0.25, -0.2) is 0 Å². The number of hydrogen-bond acceptors (Lipinski definition) is 1. The highest BCUT2D eigenvalue weighted by atomic mass is 31.1. The number of hydrogen-bond donors (Lipinski definition) is 0. The molecule has 1 rings (SSSR count). The van der Waals surface area contributed by atoms with E-state index in [1.54, 1.807) is 0 Å². The van der Waals surface area contributed by atoms with E-state index in [1.165, 1.54) is 12.0 Å². The fraction of sp³-hybridized carbons (Fsp3) is 0.417. The van der Waals surface area contributed by atoms with Crippen molar-refractivity contribution in [1.82, 2.24) is 0 Å². The molecule has 1 unspecified atom stereocenters. The quantitative estimate of drug-likeness (QED) is 0.688. The predicted molar refractivity (Wildman–Crippen MR) is 64.9 cm³/mol. The summed E-state index contributed by atoms with van der Waals surface area (Å²) in [6.45, 7) is 6.28. The fourth-order valence-electron chi connectivity index (χ4n) is 1.01. The first-order valence-electron chi connectivity index (χ1n) is 4.90. The maximum atomic E-state index is 10.8. The molecule has 1 aromatic carbocycles. The van der Waals surface area contributed by atoms with Crippen LogP contribution < -0.4 is 4.89 Å². The molecule has 0 amide bonds. The monoisotopic (exact) mass is 210 g/mol. The highest BCUT2D eigenvalue weighted by Crippen LogP contribution is 2.16. The number of aryl methyl sites for hydroxylation is 1. The summed E-state index contributed by atoms with van der Waals surface area (Å²) in [5.41, 5.74) is 2.32. The Morgan fingerprint density at radius 2 is 1.93 bits per heavy atom. The topological polar surface area (TPSA) is 23.1 Å².